The molecule has 0 N–H and O–H groups in total. The zero-order chi connectivity index (χ0) is 15.4. The summed E-state index contributed by atoms with van der Waals surface area (Å²) in [4.78, 5) is 7.25. The molecule has 0 amide bonds. The van der Waals surface area contributed by atoms with Crippen LogP contribution in [0.15, 0.2) is 24.3 Å². The highest BCUT2D eigenvalue weighted by Crippen LogP contribution is 2.29. The molecule has 0 atom stereocenters. The molecule has 2 aliphatic heterocycles. The Morgan fingerprint density at radius 1 is 1.14 bits per heavy atom. The van der Waals surface area contributed by atoms with E-state index in [2.05, 4.69) is 32.9 Å². The monoisotopic (exact) mass is 337 g/mol. The van der Waals surface area contributed by atoms with Crippen LogP contribution in [-0.4, -0.2) is 65.9 Å². The molecule has 120 valence electrons. The van der Waals surface area contributed by atoms with Gasteiger partial charge in [-0.15, -0.1) is 0 Å². The van der Waals surface area contributed by atoms with Crippen molar-refractivity contribution in [2.24, 2.45) is 0 Å². The zero-order valence-corrected chi connectivity index (χ0v) is 14.7. The Morgan fingerprint density at radius 3 is 2.59 bits per heavy atom. The van der Waals surface area contributed by atoms with Crippen molar-refractivity contribution in [1.29, 1.82) is 0 Å². The highest BCUT2D eigenvalue weighted by molar-refractivity contribution is 8.23. The summed E-state index contributed by atoms with van der Waals surface area (Å²) in [5.74, 6) is 2.14. The highest BCUT2D eigenvalue weighted by Gasteiger charge is 2.24. The maximum atomic E-state index is 5.76. The predicted octanol–water partition coefficient (Wildman–Crippen LogP) is 2.50. The third-order valence-electron chi connectivity index (χ3n) is 4.09. The molecule has 0 aliphatic carbocycles. The smallest absolute Gasteiger partial charge is 0.142 e. The van der Waals surface area contributed by atoms with Gasteiger partial charge in [-0.25, -0.2) is 0 Å². The van der Waals surface area contributed by atoms with Gasteiger partial charge in [-0.05, 0) is 19.1 Å². The van der Waals surface area contributed by atoms with Gasteiger partial charge in [-0.3, -0.25) is 4.90 Å². The maximum absolute atomic E-state index is 5.76. The van der Waals surface area contributed by atoms with Gasteiger partial charge in [0.15, 0.2) is 0 Å². The first-order chi connectivity index (χ1) is 10.8. The predicted molar refractivity (Wildman–Crippen MR) is 98.0 cm³/mol. The quantitative estimate of drug-likeness (QED) is 0.763. The van der Waals surface area contributed by atoms with Crippen molar-refractivity contribution in [2.45, 2.75) is 6.92 Å². The molecule has 1 aromatic carbocycles. The number of benzene rings is 1. The summed E-state index contributed by atoms with van der Waals surface area (Å²) in [7, 11) is 0. The molecule has 3 rings (SSSR count). The van der Waals surface area contributed by atoms with Gasteiger partial charge in [0.05, 0.1) is 19.0 Å². The number of rotatable bonds is 5. The Labute approximate surface area is 142 Å². The molecule has 0 unspecified atom stereocenters. The van der Waals surface area contributed by atoms with Gasteiger partial charge < -0.3 is 14.5 Å². The van der Waals surface area contributed by atoms with Gasteiger partial charge in [-0.1, -0.05) is 36.1 Å². The van der Waals surface area contributed by atoms with Crippen LogP contribution >= 0.6 is 24.0 Å². The van der Waals surface area contributed by atoms with Gasteiger partial charge >= 0.3 is 0 Å². The minimum absolute atomic E-state index is 0.709. The molecule has 0 radical (unpaired) electrons. The number of hydrogen-bond donors (Lipinski definition) is 0. The molecule has 22 heavy (non-hydrogen) atoms. The summed E-state index contributed by atoms with van der Waals surface area (Å²) in [6.45, 7) is 9.04. The van der Waals surface area contributed by atoms with Crippen molar-refractivity contribution in [3.63, 3.8) is 0 Å². The van der Waals surface area contributed by atoms with Crippen LogP contribution in [0.3, 0.4) is 0 Å². The average Bonchev–Trinajstić information content (AvgIpc) is 2.94. The second-order valence-electron chi connectivity index (χ2n) is 5.53. The van der Waals surface area contributed by atoms with Crippen molar-refractivity contribution in [3.05, 3.63) is 24.3 Å². The first kappa shape index (κ1) is 15.9. The van der Waals surface area contributed by atoms with E-state index < -0.39 is 0 Å². The van der Waals surface area contributed by atoms with Crippen molar-refractivity contribution in [2.75, 3.05) is 56.7 Å². The number of hydrogen-bond acceptors (Lipinski definition) is 5. The fourth-order valence-electron chi connectivity index (χ4n) is 2.92. The zero-order valence-electron chi connectivity index (χ0n) is 13.0. The molecule has 2 heterocycles. The Balaban J connectivity index is 1.56. The molecule has 0 bridgehead atoms. The van der Waals surface area contributed by atoms with Crippen LogP contribution in [0.25, 0.3) is 0 Å². The van der Waals surface area contributed by atoms with Crippen LogP contribution in [0, 0.1) is 0 Å². The van der Waals surface area contributed by atoms with Crippen LogP contribution in [0.2, 0.25) is 0 Å². The fraction of sp³-hybridized carbons (Fsp3) is 0.562. The molecule has 0 aromatic heterocycles. The summed E-state index contributed by atoms with van der Waals surface area (Å²) in [6.07, 6.45) is 0. The number of anilines is 1. The average molecular weight is 338 g/mol. The lowest BCUT2D eigenvalue weighted by molar-refractivity contribution is 0.186. The minimum atomic E-state index is 0.709. The molecule has 2 fully saturated rings. The lowest BCUT2D eigenvalue weighted by Gasteiger charge is -2.38. The van der Waals surface area contributed by atoms with Gasteiger partial charge in [-0.2, -0.15) is 0 Å². The summed E-state index contributed by atoms with van der Waals surface area (Å²) < 4.78 is 6.81. The van der Waals surface area contributed by atoms with E-state index in [9.17, 15) is 0 Å². The molecule has 2 saturated heterocycles. The van der Waals surface area contributed by atoms with E-state index in [4.69, 9.17) is 17.0 Å². The van der Waals surface area contributed by atoms with E-state index in [0.717, 1.165) is 55.2 Å². The number of piperazine rings is 1. The normalized spacial score (nSPS) is 19.8. The van der Waals surface area contributed by atoms with Crippen LogP contribution in [0.5, 0.6) is 5.75 Å². The van der Waals surface area contributed by atoms with Crippen molar-refractivity contribution >= 4 is 34.0 Å². The van der Waals surface area contributed by atoms with E-state index in [-0.39, 0.29) is 0 Å². The van der Waals surface area contributed by atoms with E-state index in [1.165, 1.54) is 5.69 Å². The molecule has 2 aliphatic rings. The summed E-state index contributed by atoms with van der Waals surface area (Å²) in [5, 5.41) is 0. The van der Waals surface area contributed by atoms with Gasteiger partial charge in [0.25, 0.3) is 0 Å². The van der Waals surface area contributed by atoms with E-state index >= 15 is 0 Å². The number of thioether (sulfide) groups is 1. The van der Waals surface area contributed by atoms with Crippen molar-refractivity contribution in [1.82, 2.24) is 9.80 Å². The number of nitrogens with zero attached hydrogens (tertiary/aromatic N) is 3. The molecule has 0 spiro atoms. The van der Waals surface area contributed by atoms with E-state index in [0.29, 0.717) is 6.61 Å². The van der Waals surface area contributed by atoms with Crippen molar-refractivity contribution in [3.8, 4) is 5.75 Å². The van der Waals surface area contributed by atoms with Gasteiger partial charge in [0, 0.05) is 38.5 Å². The molecule has 4 nitrogen and oxygen atoms in total. The lowest BCUT2D eigenvalue weighted by Crippen LogP contribution is -2.50. The molecule has 0 saturated carbocycles. The second kappa shape index (κ2) is 7.53. The Kier molecular flexibility index (Phi) is 5.44. The second-order valence-corrected chi connectivity index (χ2v) is 7.25. The number of para-hydroxylation sites is 2. The van der Waals surface area contributed by atoms with Crippen LogP contribution in [-0.2, 0) is 0 Å². The first-order valence-electron chi connectivity index (χ1n) is 7.88. The summed E-state index contributed by atoms with van der Waals surface area (Å²) >= 11 is 7.19. The number of ether oxygens (including phenoxy) is 1. The molecule has 6 heteroatoms. The topological polar surface area (TPSA) is 19.0 Å². The first-order valence-corrected chi connectivity index (χ1v) is 9.28. The summed E-state index contributed by atoms with van der Waals surface area (Å²) in [6, 6.07) is 8.35. The standard InChI is InChI=1S/C16H23N3OS2/c1-2-20-15-6-4-3-5-14(15)18-9-7-17(8-10-18)13-19-11-12-22-16(19)21/h3-6H,2,7-13H2,1H3. The SMILES string of the molecule is CCOc1ccccc1N1CCN(CN2CCSC2=S)CC1. The molecular weight excluding hydrogens is 314 g/mol. The van der Waals surface area contributed by atoms with Gasteiger partial charge in [0.1, 0.15) is 10.1 Å². The van der Waals surface area contributed by atoms with E-state index in [1.54, 1.807) is 11.8 Å². The van der Waals surface area contributed by atoms with Crippen LogP contribution in [0.4, 0.5) is 5.69 Å². The largest absolute Gasteiger partial charge is 0.492 e. The third-order valence-corrected chi connectivity index (χ3v) is 5.60. The minimum Gasteiger partial charge on any atom is -0.492 e. The maximum Gasteiger partial charge on any atom is 0.142 e. The number of thiocarbonyl (C=S) groups is 1. The fourth-order valence-corrected chi connectivity index (χ4v) is 4.14. The van der Waals surface area contributed by atoms with Crippen molar-refractivity contribution < 1.29 is 4.74 Å². The molecule has 1 aromatic rings. The molecular formula is C16H23N3OS2. The Hall–Kier alpha value is -0.980. The Bertz CT molecular complexity index is 518. The van der Waals surface area contributed by atoms with Crippen LogP contribution < -0.4 is 9.64 Å². The lowest BCUT2D eigenvalue weighted by atomic mass is 10.2. The highest BCUT2D eigenvalue weighted by atomic mass is 32.2. The summed E-state index contributed by atoms with van der Waals surface area (Å²) in [5.41, 5.74) is 1.22. The van der Waals surface area contributed by atoms with Crippen LogP contribution in [0.1, 0.15) is 6.92 Å². The van der Waals surface area contributed by atoms with E-state index in [1.807, 2.05) is 13.0 Å². The van der Waals surface area contributed by atoms with Gasteiger partial charge in [0.2, 0.25) is 0 Å². The third kappa shape index (κ3) is 3.67. The Morgan fingerprint density at radius 2 is 1.91 bits per heavy atom.